The van der Waals surface area contributed by atoms with Crippen molar-refractivity contribution in [2.45, 2.75) is 36.5 Å². The second-order valence-corrected chi connectivity index (χ2v) is 11.2. The Bertz CT molecular complexity index is 1240. The lowest BCUT2D eigenvalue weighted by molar-refractivity contribution is 0.137. The van der Waals surface area contributed by atoms with Crippen LogP contribution in [0.3, 0.4) is 0 Å². The molecule has 3 aromatic rings. The maximum absolute atomic E-state index is 12.7. The highest BCUT2D eigenvalue weighted by molar-refractivity contribution is 7.99. The molecule has 0 aliphatic rings. The first-order chi connectivity index (χ1) is 18.8. The van der Waals surface area contributed by atoms with Gasteiger partial charge in [0.15, 0.2) is 0 Å². The third-order valence-corrected chi connectivity index (χ3v) is 7.81. The van der Waals surface area contributed by atoms with Gasteiger partial charge >= 0.3 is 6.09 Å². The van der Waals surface area contributed by atoms with Gasteiger partial charge in [0.1, 0.15) is 18.1 Å². The molecule has 0 saturated carbocycles. The molecule has 0 bridgehead atoms. The van der Waals surface area contributed by atoms with Crippen molar-refractivity contribution in [1.82, 2.24) is 5.32 Å². The third-order valence-electron chi connectivity index (χ3n) is 5.86. The number of benzene rings is 3. The number of nitrogens with one attached hydrogen (secondary N) is 1. The van der Waals surface area contributed by atoms with Crippen molar-refractivity contribution in [3.63, 3.8) is 0 Å². The molecule has 0 aliphatic heterocycles. The largest absolute Gasteiger partial charge is 0.497 e. The van der Waals surface area contributed by atoms with Crippen LogP contribution in [-0.4, -0.2) is 44.6 Å². The van der Waals surface area contributed by atoms with Gasteiger partial charge in [-0.2, -0.15) is 20.2 Å². The first kappa shape index (κ1) is 30.1. The van der Waals surface area contributed by atoms with Gasteiger partial charge in [-0.1, -0.05) is 54.6 Å². The van der Waals surface area contributed by atoms with Gasteiger partial charge in [0.25, 0.3) is 10.1 Å². The van der Waals surface area contributed by atoms with Crippen LogP contribution < -0.4 is 14.8 Å². The molecule has 10 heteroatoms. The fraction of sp³-hybridized carbons (Fsp3) is 0.276. The summed E-state index contributed by atoms with van der Waals surface area (Å²) in [6.45, 7) is 0.0664. The summed E-state index contributed by atoms with van der Waals surface area (Å²) in [7, 11) is -1.19. The van der Waals surface area contributed by atoms with E-state index in [0.29, 0.717) is 24.0 Å². The molecule has 2 N–H and O–H groups in total. The Labute approximate surface area is 234 Å². The van der Waals surface area contributed by atoms with E-state index in [9.17, 15) is 17.8 Å². The van der Waals surface area contributed by atoms with Crippen LogP contribution in [0, 0.1) is 0 Å². The van der Waals surface area contributed by atoms with Gasteiger partial charge in [-0.15, -0.1) is 0 Å². The highest BCUT2D eigenvalue weighted by Gasteiger charge is 2.23. The lowest BCUT2D eigenvalue weighted by atomic mass is 10.0. The van der Waals surface area contributed by atoms with Gasteiger partial charge in [0, 0.05) is 11.0 Å². The van der Waals surface area contributed by atoms with Crippen molar-refractivity contribution in [1.29, 1.82) is 0 Å². The zero-order chi connectivity index (χ0) is 28.1. The average molecular weight is 572 g/mol. The summed E-state index contributed by atoms with van der Waals surface area (Å²) >= 11 is 1.57. The Morgan fingerprint density at radius 2 is 1.49 bits per heavy atom. The van der Waals surface area contributed by atoms with Gasteiger partial charge < -0.3 is 19.5 Å². The van der Waals surface area contributed by atoms with Crippen molar-refractivity contribution < 1.29 is 32.0 Å². The molecule has 208 valence electrons. The lowest BCUT2D eigenvalue weighted by Gasteiger charge is -2.25. The van der Waals surface area contributed by atoms with Crippen LogP contribution in [0.2, 0.25) is 0 Å². The number of carbonyl (C=O) groups is 1. The van der Waals surface area contributed by atoms with E-state index in [1.165, 1.54) is 6.08 Å². The van der Waals surface area contributed by atoms with Gasteiger partial charge in [-0.05, 0) is 59.9 Å². The maximum atomic E-state index is 12.7. The molecule has 0 radical (unpaired) electrons. The minimum absolute atomic E-state index is 0.0664. The molecule has 0 aliphatic carbocycles. The summed E-state index contributed by atoms with van der Waals surface area (Å²) in [5.74, 6) is 2.10. The SMILES string of the molecule is COc1ccc(CCC(SCc2ccc(OC)cc2)C(/C=C/S(=O)(=O)O)NC(=O)OCc2ccccc2)cc1. The number of hydrogen-bond donors (Lipinski definition) is 2. The van der Waals surface area contributed by atoms with Crippen LogP contribution in [-0.2, 0) is 33.6 Å². The molecule has 0 aromatic heterocycles. The van der Waals surface area contributed by atoms with Gasteiger partial charge in [-0.25, -0.2) is 4.79 Å². The van der Waals surface area contributed by atoms with Crippen LogP contribution in [0.15, 0.2) is 90.3 Å². The van der Waals surface area contributed by atoms with Gasteiger partial charge in [-0.3, -0.25) is 4.55 Å². The van der Waals surface area contributed by atoms with E-state index < -0.39 is 22.3 Å². The zero-order valence-electron chi connectivity index (χ0n) is 21.9. The number of hydrogen-bond acceptors (Lipinski definition) is 7. The van der Waals surface area contributed by atoms with Crippen molar-refractivity contribution in [2.24, 2.45) is 0 Å². The summed E-state index contributed by atoms with van der Waals surface area (Å²) < 4.78 is 48.3. The van der Waals surface area contributed by atoms with Gasteiger partial charge in [0.05, 0.1) is 25.7 Å². The van der Waals surface area contributed by atoms with E-state index in [-0.39, 0.29) is 11.9 Å². The summed E-state index contributed by atoms with van der Waals surface area (Å²) in [6.07, 6.45) is 1.87. The van der Waals surface area contributed by atoms with Crippen LogP contribution in [0.4, 0.5) is 4.79 Å². The predicted molar refractivity (Wildman–Crippen MR) is 154 cm³/mol. The molecule has 2 unspecified atom stereocenters. The molecule has 0 fully saturated rings. The van der Waals surface area contributed by atoms with E-state index in [2.05, 4.69) is 5.32 Å². The number of methoxy groups -OCH3 is 2. The quantitative estimate of drug-likeness (QED) is 0.239. The zero-order valence-corrected chi connectivity index (χ0v) is 23.5. The Kier molecular flexibility index (Phi) is 11.7. The standard InChI is InChI=1S/C29H33NO7S2/c1-35-25-13-8-22(9-14-25)12-17-28(38-21-24-10-15-26(36-2)16-11-24)27(18-19-39(32,33)34)30-29(31)37-20-23-6-4-3-5-7-23/h3-11,13-16,18-19,27-28H,12,17,20-21H2,1-2H3,(H,30,31)(H,32,33,34)/b19-18+. The number of thioether (sulfide) groups is 1. The van der Waals surface area contributed by atoms with Crippen LogP contribution >= 0.6 is 11.8 Å². The summed E-state index contributed by atoms with van der Waals surface area (Å²) in [6, 6.07) is 23.8. The Morgan fingerprint density at radius 3 is 2.05 bits per heavy atom. The molecule has 3 aromatic carbocycles. The number of alkyl carbamates (subject to hydrolysis) is 1. The van der Waals surface area contributed by atoms with Crippen molar-refractivity contribution in [3.05, 3.63) is 107 Å². The van der Waals surface area contributed by atoms with Gasteiger partial charge in [0.2, 0.25) is 0 Å². The Balaban J connectivity index is 1.78. The first-order valence-electron chi connectivity index (χ1n) is 12.3. The monoisotopic (exact) mass is 571 g/mol. The summed E-state index contributed by atoms with van der Waals surface area (Å²) in [5, 5.41) is 3.23. The maximum Gasteiger partial charge on any atom is 0.407 e. The number of aryl methyl sites for hydroxylation is 1. The van der Waals surface area contributed by atoms with E-state index in [1.54, 1.807) is 26.0 Å². The molecule has 1 amide bonds. The smallest absolute Gasteiger partial charge is 0.407 e. The second-order valence-electron chi connectivity index (χ2n) is 8.66. The fourth-order valence-corrected chi connectivity index (χ4v) is 5.36. The molecular weight excluding hydrogens is 538 g/mol. The molecular formula is C29H33NO7S2. The normalized spacial score (nSPS) is 13.0. The number of ether oxygens (including phenoxy) is 3. The molecule has 3 rings (SSSR count). The summed E-state index contributed by atoms with van der Waals surface area (Å²) in [5.41, 5.74) is 2.93. The topological polar surface area (TPSA) is 111 Å². The van der Waals surface area contributed by atoms with E-state index >= 15 is 0 Å². The summed E-state index contributed by atoms with van der Waals surface area (Å²) in [4.78, 5) is 12.7. The average Bonchev–Trinajstić information content (AvgIpc) is 2.95. The van der Waals surface area contributed by atoms with Crippen molar-refractivity contribution in [3.8, 4) is 11.5 Å². The molecule has 0 spiro atoms. The van der Waals surface area contributed by atoms with Crippen LogP contribution in [0.25, 0.3) is 0 Å². The van der Waals surface area contributed by atoms with Crippen molar-refractivity contribution >= 4 is 28.0 Å². The van der Waals surface area contributed by atoms with Crippen LogP contribution in [0.1, 0.15) is 23.1 Å². The van der Waals surface area contributed by atoms with E-state index in [4.69, 9.17) is 14.2 Å². The molecule has 39 heavy (non-hydrogen) atoms. The van der Waals surface area contributed by atoms with E-state index in [0.717, 1.165) is 28.2 Å². The molecule has 8 nitrogen and oxygen atoms in total. The Morgan fingerprint density at radius 1 is 0.897 bits per heavy atom. The molecule has 2 atom stereocenters. The lowest BCUT2D eigenvalue weighted by Crippen LogP contribution is -2.41. The highest BCUT2D eigenvalue weighted by Crippen LogP contribution is 2.27. The predicted octanol–water partition coefficient (Wildman–Crippen LogP) is 5.63. The number of amides is 1. The van der Waals surface area contributed by atoms with Crippen LogP contribution in [0.5, 0.6) is 11.5 Å². The minimum Gasteiger partial charge on any atom is -0.497 e. The van der Waals surface area contributed by atoms with Crippen molar-refractivity contribution in [2.75, 3.05) is 14.2 Å². The first-order valence-corrected chi connectivity index (χ1v) is 14.8. The Hall–Kier alpha value is -3.47. The third kappa shape index (κ3) is 11.0. The van der Waals surface area contributed by atoms with E-state index in [1.807, 2.05) is 78.9 Å². The fourth-order valence-electron chi connectivity index (χ4n) is 3.74. The highest BCUT2D eigenvalue weighted by atomic mass is 32.2. The molecule has 0 saturated heterocycles. The number of rotatable bonds is 14. The second kappa shape index (κ2) is 15.2. The minimum atomic E-state index is -4.40. The number of carbonyl (C=O) groups excluding carboxylic acids is 1. The molecule has 0 heterocycles.